The molecule has 0 unspecified atom stereocenters. The first-order valence-electron chi connectivity index (χ1n) is 5.12. The van der Waals surface area contributed by atoms with Crippen LogP contribution in [0.3, 0.4) is 0 Å². The van der Waals surface area contributed by atoms with Crippen LogP contribution in [0.25, 0.3) is 11.3 Å². The van der Waals surface area contributed by atoms with Crippen molar-refractivity contribution in [1.82, 2.24) is 9.78 Å². The quantitative estimate of drug-likeness (QED) is 0.848. The Hall–Kier alpha value is -1.81. The van der Waals surface area contributed by atoms with Gasteiger partial charge in [0.05, 0.1) is 18.5 Å². The van der Waals surface area contributed by atoms with E-state index in [2.05, 4.69) is 5.10 Å². The minimum atomic E-state index is 0.500. The molecule has 0 spiro atoms. The number of aryl methyl sites for hydroxylation is 1. The Morgan fingerprint density at radius 2 is 2.00 bits per heavy atom. The molecule has 2 aromatic rings. The summed E-state index contributed by atoms with van der Waals surface area (Å²) in [4.78, 5) is 0. The van der Waals surface area contributed by atoms with Crippen LogP contribution in [0.1, 0.15) is 5.69 Å². The number of benzene rings is 1. The van der Waals surface area contributed by atoms with Crippen LogP contribution in [0.2, 0.25) is 0 Å². The second-order valence-electron chi connectivity index (χ2n) is 3.58. The number of ether oxygens (including phenoxy) is 1. The molecular formula is C12H15N3O. The van der Waals surface area contributed by atoms with E-state index in [0.717, 1.165) is 22.7 Å². The molecule has 0 aliphatic heterocycles. The Kier molecular flexibility index (Phi) is 2.92. The van der Waals surface area contributed by atoms with E-state index in [1.54, 1.807) is 11.8 Å². The van der Waals surface area contributed by atoms with Gasteiger partial charge in [0.2, 0.25) is 0 Å². The Morgan fingerprint density at radius 3 is 2.50 bits per heavy atom. The van der Waals surface area contributed by atoms with E-state index in [1.807, 2.05) is 37.4 Å². The summed E-state index contributed by atoms with van der Waals surface area (Å²) in [5.41, 5.74) is 8.63. The van der Waals surface area contributed by atoms with E-state index >= 15 is 0 Å². The van der Waals surface area contributed by atoms with Crippen LogP contribution < -0.4 is 10.5 Å². The molecule has 1 aromatic heterocycles. The topological polar surface area (TPSA) is 53.1 Å². The van der Waals surface area contributed by atoms with Gasteiger partial charge in [0.25, 0.3) is 0 Å². The Balaban J connectivity index is 2.34. The molecule has 0 saturated carbocycles. The minimum Gasteiger partial charge on any atom is -0.497 e. The van der Waals surface area contributed by atoms with Crippen LogP contribution in [0.5, 0.6) is 5.75 Å². The third-order valence-corrected chi connectivity index (χ3v) is 2.57. The molecule has 0 fully saturated rings. The van der Waals surface area contributed by atoms with Crippen molar-refractivity contribution in [2.24, 2.45) is 12.8 Å². The molecule has 0 aliphatic rings. The van der Waals surface area contributed by atoms with E-state index < -0.39 is 0 Å². The van der Waals surface area contributed by atoms with Gasteiger partial charge in [-0.2, -0.15) is 5.10 Å². The Bertz CT molecular complexity index is 474. The maximum atomic E-state index is 5.61. The lowest BCUT2D eigenvalue weighted by Crippen LogP contribution is -2.03. The van der Waals surface area contributed by atoms with Crippen molar-refractivity contribution in [3.8, 4) is 17.0 Å². The van der Waals surface area contributed by atoms with Gasteiger partial charge in [-0.15, -0.1) is 0 Å². The van der Waals surface area contributed by atoms with Crippen molar-refractivity contribution in [1.29, 1.82) is 0 Å². The van der Waals surface area contributed by atoms with Crippen LogP contribution in [0.4, 0.5) is 0 Å². The zero-order valence-electron chi connectivity index (χ0n) is 9.47. The Labute approximate surface area is 94.6 Å². The van der Waals surface area contributed by atoms with Gasteiger partial charge < -0.3 is 10.5 Å². The van der Waals surface area contributed by atoms with E-state index in [0.29, 0.717) is 6.54 Å². The van der Waals surface area contributed by atoms with E-state index in [1.165, 1.54) is 0 Å². The maximum Gasteiger partial charge on any atom is 0.118 e. The fourth-order valence-electron chi connectivity index (χ4n) is 1.60. The van der Waals surface area contributed by atoms with Crippen molar-refractivity contribution in [2.45, 2.75) is 6.54 Å². The highest BCUT2D eigenvalue weighted by atomic mass is 16.5. The summed E-state index contributed by atoms with van der Waals surface area (Å²) in [6.07, 6.45) is 0. The third-order valence-electron chi connectivity index (χ3n) is 2.57. The molecule has 0 amide bonds. The molecule has 0 radical (unpaired) electrons. The molecule has 4 heteroatoms. The first-order chi connectivity index (χ1) is 7.74. The lowest BCUT2D eigenvalue weighted by Gasteiger charge is -2.00. The summed E-state index contributed by atoms with van der Waals surface area (Å²) in [6.45, 7) is 0.500. The monoisotopic (exact) mass is 217 g/mol. The highest BCUT2D eigenvalue weighted by Crippen LogP contribution is 2.21. The van der Waals surface area contributed by atoms with Crippen molar-refractivity contribution < 1.29 is 4.74 Å². The number of nitrogens with zero attached hydrogens (tertiary/aromatic N) is 2. The van der Waals surface area contributed by atoms with Gasteiger partial charge >= 0.3 is 0 Å². The predicted octanol–water partition coefficient (Wildman–Crippen LogP) is 1.55. The van der Waals surface area contributed by atoms with E-state index in [4.69, 9.17) is 10.5 Å². The van der Waals surface area contributed by atoms with Gasteiger partial charge in [-0.25, -0.2) is 0 Å². The van der Waals surface area contributed by atoms with E-state index in [9.17, 15) is 0 Å². The smallest absolute Gasteiger partial charge is 0.118 e. The molecule has 1 aromatic carbocycles. The Morgan fingerprint density at radius 1 is 1.31 bits per heavy atom. The van der Waals surface area contributed by atoms with Gasteiger partial charge in [0.1, 0.15) is 5.75 Å². The van der Waals surface area contributed by atoms with Gasteiger partial charge in [-0.3, -0.25) is 4.68 Å². The summed E-state index contributed by atoms with van der Waals surface area (Å²) in [6, 6.07) is 9.82. The van der Waals surface area contributed by atoms with Crippen molar-refractivity contribution in [2.75, 3.05) is 7.11 Å². The fourth-order valence-corrected chi connectivity index (χ4v) is 1.60. The average molecular weight is 217 g/mol. The first-order valence-corrected chi connectivity index (χ1v) is 5.12. The van der Waals surface area contributed by atoms with Gasteiger partial charge in [0.15, 0.2) is 0 Å². The molecule has 0 bridgehead atoms. The van der Waals surface area contributed by atoms with Crippen molar-refractivity contribution in [3.05, 3.63) is 36.0 Å². The molecule has 2 N–H and O–H groups in total. The zero-order chi connectivity index (χ0) is 11.5. The first kappa shape index (κ1) is 10.7. The average Bonchev–Trinajstić information content (AvgIpc) is 2.71. The fraction of sp³-hybridized carbons (Fsp3) is 0.250. The number of nitrogens with two attached hydrogens (primary N) is 1. The molecule has 4 nitrogen and oxygen atoms in total. The molecule has 84 valence electrons. The normalized spacial score (nSPS) is 10.4. The van der Waals surface area contributed by atoms with E-state index in [-0.39, 0.29) is 0 Å². The van der Waals surface area contributed by atoms with Gasteiger partial charge in [-0.05, 0) is 30.3 Å². The second kappa shape index (κ2) is 4.37. The number of methoxy groups -OCH3 is 1. The standard InChI is InChI=1S/C12H15N3O/c1-15-10(8-13)7-12(14-15)9-3-5-11(16-2)6-4-9/h3-7H,8,13H2,1-2H3. The molecule has 2 rings (SSSR count). The van der Waals surface area contributed by atoms with Crippen LogP contribution in [0.15, 0.2) is 30.3 Å². The lowest BCUT2D eigenvalue weighted by atomic mass is 10.1. The highest BCUT2D eigenvalue weighted by Gasteiger charge is 2.05. The van der Waals surface area contributed by atoms with Crippen LogP contribution >= 0.6 is 0 Å². The molecule has 0 atom stereocenters. The summed E-state index contributed by atoms with van der Waals surface area (Å²) in [5.74, 6) is 0.846. The van der Waals surface area contributed by atoms with Gasteiger partial charge in [0, 0.05) is 19.2 Å². The van der Waals surface area contributed by atoms with Crippen LogP contribution in [-0.2, 0) is 13.6 Å². The second-order valence-corrected chi connectivity index (χ2v) is 3.58. The lowest BCUT2D eigenvalue weighted by molar-refractivity contribution is 0.415. The zero-order valence-corrected chi connectivity index (χ0v) is 9.47. The van der Waals surface area contributed by atoms with Gasteiger partial charge in [-0.1, -0.05) is 0 Å². The summed E-state index contributed by atoms with van der Waals surface area (Å²) >= 11 is 0. The van der Waals surface area contributed by atoms with Crippen LogP contribution in [0, 0.1) is 0 Å². The van der Waals surface area contributed by atoms with Crippen LogP contribution in [-0.4, -0.2) is 16.9 Å². The SMILES string of the molecule is COc1ccc(-c2cc(CN)n(C)n2)cc1. The van der Waals surface area contributed by atoms with Crippen molar-refractivity contribution >= 4 is 0 Å². The largest absolute Gasteiger partial charge is 0.497 e. The summed E-state index contributed by atoms with van der Waals surface area (Å²) in [5, 5.41) is 4.40. The number of aromatic nitrogens is 2. The maximum absolute atomic E-state index is 5.61. The molecular weight excluding hydrogens is 202 g/mol. The predicted molar refractivity (Wildman–Crippen MR) is 63.1 cm³/mol. The number of hydrogen-bond donors (Lipinski definition) is 1. The summed E-state index contributed by atoms with van der Waals surface area (Å²) in [7, 11) is 3.55. The number of hydrogen-bond acceptors (Lipinski definition) is 3. The number of rotatable bonds is 3. The highest BCUT2D eigenvalue weighted by molar-refractivity contribution is 5.60. The molecule has 0 saturated heterocycles. The molecule has 0 aliphatic carbocycles. The molecule has 1 heterocycles. The van der Waals surface area contributed by atoms with Crippen molar-refractivity contribution in [3.63, 3.8) is 0 Å². The molecule has 16 heavy (non-hydrogen) atoms. The third kappa shape index (κ3) is 1.92. The summed E-state index contributed by atoms with van der Waals surface area (Å²) < 4.78 is 6.91. The minimum absolute atomic E-state index is 0.500.